The third-order valence-corrected chi connectivity index (χ3v) is 5.33. The van der Waals surface area contributed by atoms with Gasteiger partial charge in [-0.1, -0.05) is 6.07 Å². The van der Waals surface area contributed by atoms with E-state index in [1.807, 2.05) is 36.4 Å². The first-order valence-electron chi connectivity index (χ1n) is 5.19. The maximum absolute atomic E-state index is 12.2. The Morgan fingerprint density at radius 2 is 1.53 bits per heavy atom. The molecule has 0 radical (unpaired) electrons. The SMILES string of the molecule is O=C(Nc1c(I)cc(I)cc1I)c1cccc(I)c1. The van der Waals surface area contributed by atoms with Crippen LogP contribution in [-0.2, 0) is 0 Å². The summed E-state index contributed by atoms with van der Waals surface area (Å²) in [6.07, 6.45) is 0. The van der Waals surface area contributed by atoms with E-state index in [2.05, 4.69) is 95.7 Å². The monoisotopic (exact) mass is 701 g/mol. The van der Waals surface area contributed by atoms with E-state index < -0.39 is 0 Å². The molecule has 0 aromatic heterocycles. The smallest absolute Gasteiger partial charge is 0.255 e. The Bertz CT molecular complexity index is 619. The quantitative estimate of drug-likeness (QED) is 0.421. The molecular formula is C13H7I4NO. The van der Waals surface area contributed by atoms with E-state index >= 15 is 0 Å². The Labute approximate surface area is 166 Å². The van der Waals surface area contributed by atoms with Crippen molar-refractivity contribution in [2.45, 2.75) is 0 Å². The van der Waals surface area contributed by atoms with Crippen LogP contribution in [0.4, 0.5) is 5.69 Å². The molecular weight excluding hydrogens is 694 g/mol. The lowest BCUT2D eigenvalue weighted by atomic mass is 10.2. The van der Waals surface area contributed by atoms with Crippen molar-refractivity contribution in [1.82, 2.24) is 0 Å². The molecule has 0 aliphatic carbocycles. The Morgan fingerprint density at radius 3 is 2.11 bits per heavy atom. The van der Waals surface area contributed by atoms with Gasteiger partial charge in [-0.2, -0.15) is 0 Å². The van der Waals surface area contributed by atoms with Crippen molar-refractivity contribution >= 4 is 102 Å². The first kappa shape index (κ1) is 16.2. The minimum atomic E-state index is -0.0736. The van der Waals surface area contributed by atoms with E-state index in [-0.39, 0.29) is 5.91 Å². The van der Waals surface area contributed by atoms with E-state index in [1.165, 1.54) is 3.57 Å². The van der Waals surface area contributed by atoms with Crippen LogP contribution < -0.4 is 5.32 Å². The van der Waals surface area contributed by atoms with Gasteiger partial charge >= 0.3 is 0 Å². The van der Waals surface area contributed by atoms with Gasteiger partial charge in [-0.3, -0.25) is 4.79 Å². The molecule has 2 aromatic carbocycles. The van der Waals surface area contributed by atoms with Crippen LogP contribution in [0.5, 0.6) is 0 Å². The molecule has 0 unspecified atom stereocenters. The Hall–Kier alpha value is 0.830. The van der Waals surface area contributed by atoms with Crippen molar-refractivity contribution in [3.8, 4) is 0 Å². The van der Waals surface area contributed by atoms with E-state index in [9.17, 15) is 4.79 Å². The van der Waals surface area contributed by atoms with Crippen LogP contribution in [0.15, 0.2) is 36.4 Å². The van der Waals surface area contributed by atoms with Gasteiger partial charge < -0.3 is 5.32 Å². The highest BCUT2D eigenvalue weighted by atomic mass is 127. The van der Waals surface area contributed by atoms with Crippen molar-refractivity contribution in [1.29, 1.82) is 0 Å². The number of carbonyl (C=O) groups excluding carboxylic acids is 1. The van der Waals surface area contributed by atoms with Crippen LogP contribution in [-0.4, -0.2) is 5.91 Å². The average Bonchev–Trinajstić information content (AvgIpc) is 2.33. The van der Waals surface area contributed by atoms with Crippen molar-refractivity contribution in [3.05, 3.63) is 56.2 Å². The third-order valence-electron chi connectivity index (χ3n) is 2.33. The lowest BCUT2D eigenvalue weighted by Gasteiger charge is -2.10. The van der Waals surface area contributed by atoms with E-state index in [4.69, 9.17) is 0 Å². The second-order valence-electron chi connectivity index (χ2n) is 3.71. The van der Waals surface area contributed by atoms with Crippen LogP contribution >= 0.6 is 90.4 Å². The fourth-order valence-electron chi connectivity index (χ4n) is 1.48. The number of hydrogen-bond donors (Lipinski definition) is 1. The summed E-state index contributed by atoms with van der Waals surface area (Å²) in [5.41, 5.74) is 1.56. The second kappa shape index (κ2) is 7.20. The molecule has 0 saturated heterocycles. The lowest BCUT2D eigenvalue weighted by molar-refractivity contribution is 0.102. The van der Waals surface area contributed by atoms with Gasteiger partial charge in [-0.05, 0) is 121 Å². The van der Waals surface area contributed by atoms with Gasteiger partial charge in [-0.15, -0.1) is 0 Å². The number of carbonyl (C=O) groups is 1. The molecule has 0 bridgehead atoms. The molecule has 0 aliphatic heterocycles. The molecule has 98 valence electrons. The second-order valence-corrected chi connectivity index (χ2v) is 8.52. The highest BCUT2D eigenvalue weighted by molar-refractivity contribution is 14.1. The number of amides is 1. The molecule has 6 heteroatoms. The Balaban J connectivity index is 2.29. The summed E-state index contributed by atoms with van der Waals surface area (Å²) in [5, 5.41) is 2.99. The molecule has 0 spiro atoms. The number of rotatable bonds is 2. The standard InChI is InChI=1S/C13H7I4NO/c14-8-3-1-2-7(4-8)13(19)18-12-10(16)5-9(15)6-11(12)17/h1-6H,(H,18,19). The van der Waals surface area contributed by atoms with E-state index in [0.717, 1.165) is 16.4 Å². The molecule has 0 saturated carbocycles. The minimum Gasteiger partial charge on any atom is -0.320 e. The van der Waals surface area contributed by atoms with Crippen molar-refractivity contribution in [2.75, 3.05) is 5.32 Å². The molecule has 0 atom stereocenters. The predicted molar refractivity (Wildman–Crippen MR) is 112 cm³/mol. The normalized spacial score (nSPS) is 10.3. The zero-order valence-corrected chi connectivity index (χ0v) is 18.0. The Morgan fingerprint density at radius 1 is 0.895 bits per heavy atom. The number of benzene rings is 2. The topological polar surface area (TPSA) is 29.1 Å². The molecule has 0 aliphatic rings. The fourth-order valence-corrected chi connectivity index (χ4v) is 5.87. The summed E-state index contributed by atoms with van der Waals surface area (Å²) in [6, 6.07) is 11.7. The molecule has 2 aromatic rings. The highest BCUT2D eigenvalue weighted by Crippen LogP contribution is 2.27. The van der Waals surface area contributed by atoms with Crippen molar-refractivity contribution in [2.24, 2.45) is 0 Å². The van der Waals surface area contributed by atoms with E-state index in [0.29, 0.717) is 5.56 Å². The zero-order chi connectivity index (χ0) is 14.0. The molecule has 1 N–H and O–H groups in total. The maximum atomic E-state index is 12.2. The van der Waals surface area contributed by atoms with Crippen molar-refractivity contribution < 1.29 is 4.79 Å². The summed E-state index contributed by atoms with van der Waals surface area (Å²) in [5.74, 6) is -0.0736. The molecule has 19 heavy (non-hydrogen) atoms. The summed E-state index contributed by atoms with van der Waals surface area (Å²) in [7, 11) is 0. The van der Waals surface area contributed by atoms with Crippen LogP contribution in [0, 0.1) is 14.3 Å². The van der Waals surface area contributed by atoms with Crippen molar-refractivity contribution in [3.63, 3.8) is 0 Å². The summed E-state index contributed by atoms with van der Waals surface area (Å²) < 4.78 is 4.32. The first-order valence-corrected chi connectivity index (χ1v) is 9.50. The summed E-state index contributed by atoms with van der Waals surface area (Å²) in [4.78, 5) is 12.2. The van der Waals surface area contributed by atoms with Gasteiger partial charge in [0.15, 0.2) is 0 Å². The van der Waals surface area contributed by atoms with Gasteiger partial charge in [0.1, 0.15) is 0 Å². The summed E-state index contributed by atoms with van der Waals surface area (Å²) in [6.45, 7) is 0. The molecule has 2 nitrogen and oxygen atoms in total. The average molecular weight is 701 g/mol. The fraction of sp³-hybridized carbons (Fsp3) is 0. The number of halogens is 4. The van der Waals surface area contributed by atoms with Crippen LogP contribution in [0.3, 0.4) is 0 Å². The number of anilines is 1. The summed E-state index contributed by atoms with van der Waals surface area (Å²) >= 11 is 8.97. The van der Waals surface area contributed by atoms with E-state index in [1.54, 1.807) is 0 Å². The first-order chi connectivity index (χ1) is 8.97. The van der Waals surface area contributed by atoms with Crippen LogP contribution in [0.2, 0.25) is 0 Å². The van der Waals surface area contributed by atoms with Gasteiger partial charge in [0.25, 0.3) is 5.91 Å². The zero-order valence-electron chi connectivity index (χ0n) is 9.38. The largest absolute Gasteiger partial charge is 0.320 e. The maximum Gasteiger partial charge on any atom is 0.255 e. The Kier molecular flexibility index (Phi) is 6.14. The van der Waals surface area contributed by atoms with Crippen LogP contribution in [0.25, 0.3) is 0 Å². The third kappa shape index (κ3) is 4.40. The molecule has 1 amide bonds. The number of hydrogen-bond acceptors (Lipinski definition) is 1. The number of nitrogens with one attached hydrogen (secondary N) is 1. The molecule has 0 fully saturated rings. The van der Waals surface area contributed by atoms with Gasteiger partial charge in [0, 0.05) is 19.8 Å². The van der Waals surface area contributed by atoms with Gasteiger partial charge in [0.05, 0.1) is 5.69 Å². The predicted octanol–water partition coefficient (Wildman–Crippen LogP) is 5.36. The molecule has 0 heterocycles. The van der Waals surface area contributed by atoms with Gasteiger partial charge in [0.2, 0.25) is 0 Å². The van der Waals surface area contributed by atoms with Crippen LogP contribution in [0.1, 0.15) is 10.4 Å². The lowest BCUT2D eigenvalue weighted by Crippen LogP contribution is -2.14. The highest BCUT2D eigenvalue weighted by Gasteiger charge is 2.12. The minimum absolute atomic E-state index is 0.0736. The molecule has 2 rings (SSSR count). The van der Waals surface area contributed by atoms with Gasteiger partial charge in [-0.25, -0.2) is 0 Å².